The molecule has 0 unspecified atom stereocenters. The summed E-state index contributed by atoms with van der Waals surface area (Å²) < 4.78 is 39.4. The van der Waals surface area contributed by atoms with Crippen LogP contribution in [0.3, 0.4) is 0 Å². The number of benzene rings is 1. The molecule has 0 aliphatic carbocycles. The Labute approximate surface area is 120 Å². The molecule has 0 atom stereocenters. The van der Waals surface area contributed by atoms with Crippen LogP contribution in [0.15, 0.2) is 42.6 Å². The van der Waals surface area contributed by atoms with Gasteiger partial charge in [0.05, 0.1) is 5.56 Å². The van der Waals surface area contributed by atoms with Crippen LogP contribution in [0.2, 0.25) is 5.15 Å². The smallest absolute Gasteiger partial charge is 0.416 e. The van der Waals surface area contributed by atoms with Crippen molar-refractivity contribution in [2.45, 2.75) is 13.1 Å². The molecule has 0 amide bonds. The number of aromatic nitrogens is 1. The van der Waals surface area contributed by atoms with Gasteiger partial charge in [0.1, 0.15) is 0 Å². The van der Waals surface area contributed by atoms with Gasteiger partial charge in [-0.25, -0.2) is 0 Å². The van der Waals surface area contributed by atoms with Crippen LogP contribution in [0.5, 0.6) is 0 Å². The van der Waals surface area contributed by atoms with E-state index in [1.807, 2.05) is 6.92 Å². The summed E-state index contributed by atoms with van der Waals surface area (Å²) in [6.45, 7) is 1.85. The second kappa shape index (κ2) is 5.80. The minimum atomic E-state index is -4.35. The fourth-order valence-electron chi connectivity index (χ4n) is 1.62. The summed E-state index contributed by atoms with van der Waals surface area (Å²) in [5, 5.41) is 0.361. The van der Waals surface area contributed by atoms with E-state index in [0.29, 0.717) is 10.8 Å². The third-order valence-electron chi connectivity index (χ3n) is 2.50. The predicted molar refractivity (Wildman–Crippen MR) is 62.7 cm³/mol. The lowest BCUT2D eigenvalue weighted by Gasteiger charge is -2.06. The highest BCUT2D eigenvalue weighted by molar-refractivity contribution is 6.28. The molecular formula is C13H10Cl2F3N. The van der Waals surface area contributed by atoms with Crippen LogP contribution in [0, 0.1) is 6.92 Å². The number of hydrogen-bond donors (Lipinski definition) is 0. The van der Waals surface area contributed by atoms with Crippen LogP contribution in [0.4, 0.5) is 13.2 Å². The largest absolute Gasteiger partial charge is 1.00 e. The molecule has 2 aromatic rings. The molecule has 1 aromatic heterocycles. The Morgan fingerprint density at radius 2 is 1.79 bits per heavy atom. The summed E-state index contributed by atoms with van der Waals surface area (Å²) >= 11 is 5.98. The van der Waals surface area contributed by atoms with Gasteiger partial charge in [-0.2, -0.15) is 17.7 Å². The lowest BCUT2D eigenvalue weighted by molar-refractivity contribution is -0.593. The van der Waals surface area contributed by atoms with Crippen LogP contribution >= 0.6 is 11.6 Å². The third-order valence-corrected chi connectivity index (χ3v) is 2.81. The summed E-state index contributed by atoms with van der Waals surface area (Å²) in [5.74, 6) is 0. The van der Waals surface area contributed by atoms with E-state index in [-0.39, 0.29) is 12.4 Å². The molecule has 1 aromatic carbocycles. The molecule has 2 rings (SSSR count). The van der Waals surface area contributed by atoms with Gasteiger partial charge in [-0.1, -0.05) is 6.07 Å². The van der Waals surface area contributed by atoms with Gasteiger partial charge in [0, 0.05) is 23.8 Å². The Hall–Kier alpha value is -1.26. The highest BCUT2D eigenvalue weighted by atomic mass is 35.5. The molecule has 0 saturated heterocycles. The lowest BCUT2D eigenvalue weighted by atomic mass is 10.2. The zero-order valence-corrected chi connectivity index (χ0v) is 11.4. The van der Waals surface area contributed by atoms with E-state index in [1.54, 1.807) is 24.4 Å². The van der Waals surface area contributed by atoms with Crippen molar-refractivity contribution >= 4 is 11.6 Å². The zero-order valence-electron chi connectivity index (χ0n) is 9.88. The summed E-state index contributed by atoms with van der Waals surface area (Å²) in [6.07, 6.45) is -2.66. The number of aryl methyl sites for hydroxylation is 1. The monoisotopic (exact) mass is 307 g/mol. The number of rotatable bonds is 1. The Kier molecular flexibility index (Phi) is 4.82. The molecule has 0 spiro atoms. The van der Waals surface area contributed by atoms with Crippen LogP contribution in [-0.4, -0.2) is 0 Å². The van der Waals surface area contributed by atoms with Crippen LogP contribution < -0.4 is 17.0 Å². The maximum atomic E-state index is 12.6. The van der Waals surface area contributed by atoms with Crippen LogP contribution in [0.1, 0.15) is 11.1 Å². The van der Waals surface area contributed by atoms with Gasteiger partial charge < -0.3 is 12.4 Å². The van der Waals surface area contributed by atoms with Gasteiger partial charge in [0.25, 0.3) is 5.15 Å². The van der Waals surface area contributed by atoms with E-state index >= 15 is 0 Å². The van der Waals surface area contributed by atoms with Crippen molar-refractivity contribution in [2.75, 3.05) is 0 Å². The highest BCUT2D eigenvalue weighted by Crippen LogP contribution is 2.29. The van der Waals surface area contributed by atoms with Crippen molar-refractivity contribution in [1.82, 2.24) is 0 Å². The van der Waals surface area contributed by atoms with Gasteiger partial charge in [0.2, 0.25) is 5.69 Å². The van der Waals surface area contributed by atoms with Crippen molar-refractivity contribution in [3.05, 3.63) is 58.9 Å². The third kappa shape index (κ3) is 3.61. The first-order valence-electron chi connectivity index (χ1n) is 5.23. The van der Waals surface area contributed by atoms with Crippen molar-refractivity contribution in [1.29, 1.82) is 0 Å². The van der Waals surface area contributed by atoms with Crippen molar-refractivity contribution < 1.29 is 30.1 Å². The van der Waals surface area contributed by atoms with Gasteiger partial charge in [0.15, 0.2) is 6.20 Å². The molecular weight excluding hydrogens is 298 g/mol. The molecule has 1 heterocycles. The number of pyridine rings is 1. The fraction of sp³-hybridized carbons (Fsp3) is 0.154. The molecule has 102 valence electrons. The normalized spacial score (nSPS) is 11.0. The second-order valence-electron chi connectivity index (χ2n) is 3.95. The maximum absolute atomic E-state index is 12.6. The first kappa shape index (κ1) is 15.8. The van der Waals surface area contributed by atoms with Crippen molar-refractivity contribution in [3.63, 3.8) is 0 Å². The van der Waals surface area contributed by atoms with Crippen LogP contribution in [-0.2, 0) is 6.18 Å². The molecule has 6 heteroatoms. The van der Waals surface area contributed by atoms with Gasteiger partial charge in [-0.3, -0.25) is 0 Å². The molecule has 0 bridgehead atoms. The van der Waals surface area contributed by atoms with E-state index in [9.17, 15) is 13.2 Å². The fourth-order valence-corrected chi connectivity index (χ4v) is 1.83. The molecule has 0 N–H and O–H groups in total. The summed E-state index contributed by atoms with van der Waals surface area (Å²) in [7, 11) is 0. The van der Waals surface area contributed by atoms with Crippen molar-refractivity contribution in [2.24, 2.45) is 0 Å². The number of halogens is 5. The molecule has 0 radical (unpaired) electrons. The zero-order chi connectivity index (χ0) is 13.3. The van der Waals surface area contributed by atoms with Crippen LogP contribution in [0.25, 0.3) is 5.69 Å². The Bertz CT molecular complexity index is 582. The lowest BCUT2D eigenvalue weighted by Crippen LogP contribution is -3.00. The SMILES string of the molecule is Cc1ccc(Cl)[n+](-c2cccc(C(F)(F)F)c2)c1.[Cl-]. The minimum Gasteiger partial charge on any atom is -1.00 e. The quantitative estimate of drug-likeness (QED) is 0.545. The molecule has 19 heavy (non-hydrogen) atoms. The first-order valence-corrected chi connectivity index (χ1v) is 5.61. The molecule has 0 aliphatic rings. The van der Waals surface area contributed by atoms with Gasteiger partial charge >= 0.3 is 6.18 Å². The summed E-state index contributed by atoms with van der Waals surface area (Å²) in [6, 6.07) is 8.51. The highest BCUT2D eigenvalue weighted by Gasteiger charge is 2.31. The average Bonchev–Trinajstić information content (AvgIpc) is 2.31. The summed E-state index contributed by atoms with van der Waals surface area (Å²) in [4.78, 5) is 0. The van der Waals surface area contributed by atoms with E-state index < -0.39 is 11.7 Å². The molecule has 0 fully saturated rings. The Balaban J connectivity index is 0.00000180. The minimum absolute atomic E-state index is 0. The number of nitrogens with zero attached hydrogens (tertiary/aromatic N) is 1. The number of alkyl halides is 3. The molecule has 0 saturated carbocycles. The van der Waals surface area contributed by atoms with E-state index in [1.165, 1.54) is 10.6 Å². The molecule has 0 aliphatic heterocycles. The van der Waals surface area contributed by atoms with E-state index in [4.69, 9.17) is 11.6 Å². The number of hydrogen-bond acceptors (Lipinski definition) is 0. The Morgan fingerprint density at radius 1 is 1.11 bits per heavy atom. The molecule has 1 nitrogen and oxygen atoms in total. The van der Waals surface area contributed by atoms with Gasteiger partial charge in [-0.05, 0) is 30.7 Å². The predicted octanol–water partition coefficient (Wildman–Crippen LogP) is 0.948. The average molecular weight is 308 g/mol. The second-order valence-corrected chi connectivity index (χ2v) is 4.33. The van der Waals surface area contributed by atoms with E-state index in [2.05, 4.69) is 0 Å². The Morgan fingerprint density at radius 3 is 2.42 bits per heavy atom. The standard InChI is InChI=1S/C13H10ClF3N.ClH/c1-9-5-6-12(14)18(8-9)11-4-2-3-10(7-11)13(15,16)17;/h2-8H,1H3;1H/q+1;/p-1. The maximum Gasteiger partial charge on any atom is 0.416 e. The van der Waals surface area contributed by atoms with E-state index in [0.717, 1.165) is 17.7 Å². The van der Waals surface area contributed by atoms with Gasteiger partial charge in [-0.15, -0.1) is 0 Å². The summed E-state index contributed by atoms with van der Waals surface area (Å²) in [5.41, 5.74) is 0.611. The van der Waals surface area contributed by atoms with Crippen molar-refractivity contribution in [3.8, 4) is 5.69 Å². The first-order chi connectivity index (χ1) is 8.38. The topological polar surface area (TPSA) is 3.88 Å².